The summed E-state index contributed by atoms with van der Waals surface area (Å²) in [4.78, 5) is 26.2. The minimum absolute atomic E-state index is 0.000831. The van der Waals surface area contributed by atoms with Crippen molar-refractivity contribution in [1.29, 1.82) is 0 Å². The summed E-state index contributed by atoms with van der Waals surface area (Å²) in [6.45, 7) is 3.74. The van der Waals surface area contributed by atoms with Gasteiger partial charge in [0.25, 0.3) is 0 Å². The molecule has 0 saturated carbocycles. The van der Waals surface area contributed by atoms with E-state index in [9.17, 15) is 18.0 Å². The standard InChI is InChI=1S/C16H24N4O4S/c1-3-20-15(17-18(2)16(20)22)13-4-7-19(8-5-13)14(21)10-12-6-9-25(23,24)11-12/h6,9,12-13H,3-5,7-8,10-11H2,1-2H3. The number of piperidine rings is 1. The van der Waals surface area contributed by atoms with E-state index in [2.05, 4.69) is 5.10 Å². The van der Waals surface area contributed by atoms with E-state index in [1.54, 1.807) is 22.6 Å². The zero-order chi connectivity index (χ0) is 18.2. The molecule has 3 heterocycles. The van der Waals surface area contributed by atoms with Gasteiger partial charge in [-0.05, 0) is 19.8 Å². The van der Waals surface area contributed by atoms with E-state index in [0.717, 1.165) is 18.7 Å². The van der Waals surface area contributed by atoms with Crippen molar-refractivity contribution in [3.05, 3.63) is 27.8 Å². The molecule has 0 radical (unpaired) electrons. The Kier molecular flexibility index (Phi) is 4.86. The molecule has 9 heteroatoms. The maximum atomic E-state index is 12.4. The number of rotatable bonds is 4. The average molecular weight is 368 g/mol. The van der Waals surface area contributed by atoms with Gasteiger partial charge < -0.3 is 4.90 Å². The van der Waals surface area contributed by atoms with E-state index < -0.39 is 9.84 Å². The lowest BCUT2D eigenvalue weighted by Gasteiger charge is -2.32. The zero-order valence-corrected chi connectivity index (χ0v) is 15.4. The third-order valence-electron chi connectivity index (χ3n) is 5.01. The topological polar surface area (TPSA) is 94.3 Å². The van der Waals surface area contributed by atoms with Crippen LogP contribution in [0.25, 0.3) is 0 Å². The lowest BCUT2D eigenvalue weighted by molar-refractivity contribution is -0.132. The second kappa shape index (κ2) is 6.78. The van der Waals surface area contributed by atoms with Gasteiger partial charge in [-0.1, -0.05) is 6.08 Å². The molecule has 25 heavy (non-hydrogen) atoms. The lowest BCUT2D eigenvalue weighted by atomic mass is 9.95. The number of sulfone groups is 1. The highest BCUT2D eigenvalue weighted by Crippen LogP contribution is 2.27. The average Bonchev–Trinajstić information content (AvgIpc) is 3.06. The SMILES string of the molecule is CCn1c(C2CCN(C(=O)CC3C=CS(=O)(=O)C3)CC2)nn(C)c1=O. The molecular formula is C16H24N4O4S. The smallest absolute Gasteiger partial charge is 0.343 e. The predicted molar refractivity (Wildman–Crippen MR) is 92.7 cm³/mol. The van der Waals surface area contributed by atoms with Gasteiger partial charge in [-0.15, -0.1) is 0 Å². The van der Waals surface area contributed by atoms with Crippen molar-refractivity contribution in [1.82, 2.24) is 19.2 Å². The Labute approximate surface area is 147 Å². The Bertz CT molecular complexity index is 844. The summed E-state index contributed by atoms with van der Waals surface area (Å²) in [5, 5.41) is 5.57. The number of likely N-dealkylation sites (tertiary alicyclic amines) is 1. The van der Waals surface area contributed by atoms with Gasteiger partial charge in [-0.25, -0.2) is 17.9 Å². The van der Waals surface area contributed by atoms with E-state index in [0.29, 0.717) is 19.6 Å². The number of carbonyl (C=O) groups excluding carboxylic acids is 1. The summed E-state index contributed by atoms with van der Waals surface area (Å²) in [5.74, 6) is 0.790. The molecule has 0 spiro atoms. The number of hydrogen-bond acceptors (Lipinski definition) is 5. The minimum atomic E-state index is -3.12. The Morgan fingerprint density at radius 3 is 2.56 bits per heavy atom. The molecule has 1 atom stereocenters. The molecule has 1 amide bonds. The van der Waals surface area contributed by atoms with E-state index in [1.165, 1.54) is 10.1 Å². The third-order valence-corrected chi connectivity index (χ3v) is 6.47. The highest BCUT2D eigenvalue weighted by Gasteiger charge is 2.30. The van der Waals surface area contributed by atoms with E-state index in [1.807, 2.05) is 6.92 Å². The Morgan fingerprint density at radius 2 is 2.00 bits per heavy atom. The van der Waals surface area contributed by atoms with Crippen LogP contribution >= 0.6 is 0 Å². The number of amides is 1. The van der Waals surface area contributed by atoms with Crippen LogP contribution in [0, 0.1) is 5.92 Å². The van der Waals surface area contributed by atoms with Crippen LogP contribution in [-0.2, 0) is 28.2 Å². The quantitative estimate of drug-likeness (QED) is 0.760. The molecule has 1 aromatic heterocycles. The number of aryl methyl sites for hydroxylation is 1. The first kappa shape index (κ1) is 17.9. The number of hydrogen-bond donors (Lipinski definition) is 0. The van der Waals surface area contributed by atoms with E-state index >= 15 is 0 Å². The summed E-state index contributed by atoms with van der Waals surface area (Å²) in [7, 11) is -1.47. The van der Waals surface area contributed by atoms with Gasteiger partial charge in [0.1, 0.15) is 5.82 Å². The first-order chi connectivity index (χ1) is 11.8. The van der Waals surface area contributed by atoms with E-state index in [-0.39, 0.29) is 35.6 Å². The fraction of sp³-hybridized carbons (Fsp3) is 0.688. The van der Waals surface area contributed by atoms with Crippen LogP contribution in [-0.4, -0.2) is 52.4 Å². The van der Waals surface area contributed by atoms with Crippen molar-refractivity contribution >= 4 is 15.7 Å². The largest absolute Gasteiger partial charge is 0.345 e. The van der Waals surface area contributed by atoms with Crippen molar-refractivity contribution in [2.75, 3.05) is 18.8 Å². The Hall–Kier alpha value is -1.90. The van der Waals surface area contributed by atoms with Gasteiger partial charge >= 0.3 is 5.69 Å². The molecule has 1 fully saturated rings. The minimum Gasteiger partial charge on any atom is -0.343 e. The van der Waals surface area contributed by atoms with Crippen molar-refractivity contribution in [2.45, 2.75) is 38.6 Å². The fourth-order valence-electron chi connectivity index (χ4n) is 3.63. The first-order valence-corrected chi connectivity index (χ1v) is 10.3. The number of aromatic nitrogens is 3. The highest BCUT2D eigenvalue weighted by molar-refractivity contribution is 7.94. The molecule has 2 aliphatic heterocycles. The molecule has 138 valence electrons. The fourth-order valence-corrected chi connectivity index (χ4v) is 5.03. The molecule has 1 aromatic rings. The maximum Gasteiger partial charge on any atom is 0.345 e. The number of carbonyl (C=O) groups is 1. The van der Waals surface area contributed by atoms with Crippen LogP contribution < -0.4 is 5.69 Å². The summed E-state index contributed by atoms with van der Waals surface area (Å²) in [6, 6.07) is 0. The lowest BCUT2D eigenvalue weighted by Crippen LogP contribution is -2.39. The van der Waals surface area contributed by atoms with Crippen LogP contribution in [0.15, 0.2) is 16.3 Å². The van der Waals surface area contributed by atoms with Gasteiger partial charge in [-0.2, -0.15) is 5.10 Å². The van der Waals surface area contributed by atoms with Crippen molar-refractivity contribution in [3.63, 3.8) is 0 Å². The molecule has 3 rings (SSSR count). The number of nitrogens with zero attached hydrogens (tertiary/aromatic N) is 4. The summed E-state index contributed by atoms with van der Waals surface area (Å²) in [6.07, 6.45) is 3.39. The molecule has 1 saturated heterocycles. The monoisotopic (exact) mass is 368 g/mol. The molecule has 0 bridgehead atoms. The van der Waals surface area contributed by atoms with Gasteiger partial charge in [0.15, 0.2) is 9.84 Å². The maximum absolute atomic E-state index is 12.4. The summed E-state index contributed by atoms with van der Waals surface area (Å²) < 4.78 is 25.9. The van der Waals surface area contributed by atoms with Gasteiger partial charge in [0.05, 0.1) is 5.75 Å². The molecule has 0 N–H and O–H groups in total. The van der Waals surface area contributed by atoms with Crippen molar-refractivity contribution < 1.29 is 13.2 Å². The van der Waals surface area contributed by atoms with E-state index in [4.69, 9.17) is 0 Å². The van der Waals surface area contributed by atoms with Crippen LogP contribution in [0.2, 0.25) is 0 Å². The molecule has 8 nitrogen and oxygen atoms in total. The molecular weight excluding hydrogens is 344 g/mol. The molecule has 0 aliphatic carbocycles. The van der Waals surface area contributed by atoms with Crippen LogP contribution in [0.4, 0.5) is 0 Å². The summed E-state index contributed by atoms with van der Waals surface area (Å²) in [5.41, 5.74) is -0.106. The Balaban J connectivity index is 1.59. The number of allylic oxidation sites excluding steroid dienone is 1. The van der Waals surface area contributed by atoms with Gasteiger partial charge in [0.2, 0.25) is 5.91 Å². The predicted octanol–water partition coefficient (Wildman–Crippen LogP) is 0.256. The second-order valence-electron chi connectivity index (χ2n) is 6.79. The van der Waals surface area contributed by atoms with Crippen LogP contribution in [0.3, 0.4) is 0 Å². The molecule has 0 aromatic carbocycles. The molecule has 2 aliphatic rings. The second-order valence-corrected chi connectivity index (χ2v) is 8.72. The zero-order valence-electron chi connectivity index (χ0n) is 14.6. The highest BCUT2D eigenvalue weighted by atomic mass is 32.2. The van der Waals surface area contributed by atoms with Gasteiger partial charge in [-0.3, -0.25) is 9.36 Å². The van der Waals surface area contributed by atoms with Crippen LogP contribution in [0.5, 0.6) is 0 Å². The Morgan fingerprint density at radius 1 is 1.32 bits per heavy atom. The van der Waals surface area contributed by atoms with Gasteiger partial charge in [0, 0.05) is 50.3 Å². The third kappa shape index (κ3) is 3.70. The normalized spacial score (nSPS) is 23.3. The van der Waals surface area contributed by atoms with Crippen molar-refractivity contribution in [2.24, 2.45) is 13.0 Å². The molecule has 1 unspecified atom stereocenters. The van der Waals surface area contributed by atoms with Crippen molar-refractivity contribution in [3.8, 4) is 0 Å². The first-order valence-electron chi connectivity index (χ1n) is 8.63. The summed E-state index contributed by atoms with van der Waals surface area (Å²) >= 11 is 0. The van der Waals surface area contributed by atoms with Crippen LogP contribution in [0.1, 0.15) is 37.9 Å².